The Morgan fingerprint density at radius 2 is 1.75 bits per heavy atom. The van der Waals surface area contributed by atoms with Crippen LogP contribution in [0.3, 0.4) is 0 Å². The number of rotatable bonds is 7. The van der Waals surface area contributed by atoms with Gasteiger partial charge in [0.25, 0.3) is 0 Å². The Bertz CT molecular complexity index is 1780. The molecule has 2 fully saturated rings. The topological polar surface area (TPSA) is 110 Å². The maximum atomic E-state index is 12.4. The van der Waals surface area contributed by atoms with Crippen LogP contribution in [0.5, 0.6) is 0 Å². The fraction of sp³-hybridized carbons (Fsp3) is 0.419. The van der Waals surface area contributed by atoms with Crippen molar-refractivity contribution in [1.82, 2.24) is 19.8 Å². The van der Waals surface area contributed by atoms with Gasteiger partial charge >= 0.3 is 0 Å². The molecule has 0 unspecified atom stereocenters. The second-order valence-electron chi connectivity index (χ2n) is 11.9. The number of piperazine rings is 1. The largest absolute Gasteiger partial charge is 0.462 e. The summed E-state index contributed by atoms with van der Waals surface area (Å²) >= 11 is 6.50. The Labute approximate surface area is 262 Å². The van der Waals surface area contributed by atoms with E-state index < -0.39 is 10.0 Å². The van der Waals surface area contributed by atoms with E-state index in [9.17, 15) is 8.42 Å². The van der Waals surface area contributed by atoms with Gasteiger partial charge in [-0.05, 0) is 56.1 Å². The number of sulfonamides is 1. The molecular weight excluding hydrogens is 600 g/mol. The number of halogens is 1. The van der Waals surface area contributed by atoms with Crippen LogP contribution in [0.25, 0.3) is 11.0 Å². The molecule has 3 aliphatic rings. The number of furan rings is 1. The average Bonchev–Trinajstić information content (AvgIpc) is 3.69. The van der Waals surface area contributed by atoms with Gasteiger partial charge in [-0.15, -0.1) is 0 Å². The number of para-hydroxylation sites is 1. The summed E-state index contributed by atoms with van der Waals surface area (Å²) < 4.78 is 32.3. The first-order chi connectivity index (χ1) is 21.2. The van der Waals surface area contributed by atoms with Crippen molar-refractivity contribution in [2.75, 3.05) is 79.0 Å². The number of piperidine rings is 1. The number of fused-ring (bicyclic) bond motifs is 2. The lowest BCUT2D eigenvalue weighted by Gasteiger charge is -2.42. The first-order valence-corrected chi connectivity index (χ1v) is 17.3. The number of nitrogens with zero attached hydrogens (tertiary/aromatic N) is 6. The summed E-state index contributed by atoms with van der Waals surface area (Å²) in [4.78, 5) is 16.6. The second kappa shape index (κ2) is 11.7. The molecule has 4 aromatic rings. The van der Waals surface area contributed by atoms with Crippen LogP contribution >= 0.6 is 11.6 Å². The van der Waals surface area contributed by atoms with Crippen molar-refractivity contribution < 1.29 is 12.8 Å². The minimum atomic E-state index is -3.43. The average molecular weight is 637 g/mol. The SMILES string of the molecule is CN1CCN(C2CCN(c3ccc(Nc4ncc(Cl)c(Nc5cccc6c5N(S(C)(=O)=O)CC6)n4)c4occc34)CC2)CC1. The molecule has 2 aromatic heterocycles. The summed E-state index contributed by atoms with van der Waals surface area (Å²) in [5.41, 5.74) is 4.85. The first kappa shape index (κ1) is 29.1. The minimum absolute atomic E-state index is 0.315. The molecular formula is C31H37ClN8O3S. The fourth-order valence-corrected chi connectivity index (χ4v) is 7.81. The Kier molecular flexibility index (Phi) is 7.77. The van der Waals surface area contributed by atoms with E-state index in [2.05, 4.69) is 48.4 Å². The van der Waals surface area contributed by atoms with Gasteiger partial charge in [-0.3, -0.25) is 9.21 Å². The van der Waals surface area contributed by atoms with Gasteiger partial charge in [0.2, 0.25) is 16.0 Å². The lowest BCUT2D eigenvalue weighted by Crippen LogP contribution is -2.52. The number of nitrogens with one attached hydrogen (secondary N) is 2. The molecule has 7 rings (SSSR count). The number of benzene rings is 2. The van der Waals surface area contributed by atoms with E-state index in [4.69, 9.17) is 16.0 Å². The van der Waals surface area contributed by atoms with Crippen molar-refractivity contribution in [2.24, 2.45) is 0 Å². The van der Waals surface area contributed by atoms with E-state index in [1.807, 2.05) is 30.3 Å². The van der Waals surface area contributed by atoms with Crippen molar-refractivity contribution in [2.45, 2.75) is 25.3 Å². The van der Waals surface area contributed by atoms with E-state index in [0.29, 0.717) is 47.2 Å². The van der Waals surface area contributed by atoms with Gasteiger partial charge in [0.15, 0.2) is 11.4 Å². The highest BCUT2D eigenvalue weighted by atomic mass is 35.5. The van der Waals surface area contributed by atoms with Gasteiger partial charge in [-0.25, -0.2) is 13.4 Å². The molecule has 232 valence electrons. The molecule has 0 radical (unpaired) electrons. The monoisotopic (exact) mass is 636 g/mol. The highest BCUT2D eigenvalue weighted by molar-refractivity contribution is 7.92. The van der Waals surface area contributed by atoms with Gasteiger partial charge in [-0.2, -0.15) is 4.98 Å². The van der Waals surface area contributed by atoms with E-state index in [0.717, 1.165) is 74.3 Å². The molecule has 5 heterocycles. The maximum absolute atomic E-state index is 12.4. The number of aromatic nitrogens is 2. The summed E-state index contributed by atoms with van der Waals surface area (Å²) in [7, 11) is -1.23. The van der Waals surface area contributed by atoms with Gasteiger partial charge in [0, 0.05) is 62.9 Å². The minimum Gasteiger partial charge on any atom is -0.462 e. The molecule has 0 spiro atoms. The van der Waals surface area contributed by atoms with Crippen molar-refractivity contribution >= 4 is 67.1 Å². The normalized spacial score (nSPS) is 18.6. The van der Waals surface area contributed by atoms with Crippen molar-refractivity contribution in [3.8, 4) is 0 Å². The molecule has 44 heavy (non-hydrogen) atoms. The summed E-state index contributed by atoms with van der Waals surface area (Å²) in [6.45, 7) is 7.04. The van der Waals surface area contributed by atoms with Crippen molar-refractivity contribution in [3.05, 3.63) is 59.4 Å². The summed E-state index contributed by atoms with van der Waals surface area (Å²) in [6, 6.07) is 12.5. The molecule has 2 N–H and O–H groups in total. The molecule has 2 saturated heterocycles. The molecule has 0 amide bonds. The lowest BCUT2D eigenvalue weighted by molar-refractivity contribution is 0.0982. The third-order valence-corrected chi connectivity index (χ3v) is 10.5. The molecule has 13 heteroatoms. The lowest BCUT2D eigenvalue weighted by atomic mass is 10.0. The molecule has 2 aromatic carbocycles. The quantitative estimate of drug-likeness (QED) is 0.291. The Hall–Kier alpha value is -3.58. The third-order valence-electron chi connectivity index (χ3n) is 9.05. The standard InChI is InChI=1S/C31H37ClN8O3S/c1-37-15-17-38(18-16-37)22-9-12-39(13-10-22)27-7-6-26(29-23(27)11-19-43-29)35-31-33-20-24(32)30(36-31)34-25-5-3-4-21-8-14-40(28(21)25)44(2,41)42/h3-7,11,19-20,22H,8-10,12-18H2,1-2H3,(H2,33,34,35,36). The fourth-order valence-electron chi connectivity index (χ4n) is 6.70. The molecule has 0 atom stereocenters. The van der Waals surface area contributed by atoms with Crippen LogP contribution in [0, 0.1) is 0 Å². The number of hydrogen-bond acceptors (Lipinski definition) is 10. The van der Waals surface area contributed by atoms with Gasteiger partial charge in [-0.1, -0.05) is 23.7 Å². The molecule has 0 bridgehead atoms. The zero-order chi connectivity index (χ0) is 30.4. The van der Waals surface area contributed by atoms with E-state index >= 15 is 0 Å². The van der Waals surface area contributed by atoms with Crippen LogP contribution in [-0.4, -0.2) is 93.3 Å². The van der Waals surface area contributed by atoms with Crippen LogP contribution < -0.4 is 19.8 Å². The van der Waals surface area contributed by atoms with Gasteiger partial charge < -0.3 is 24.9 Å². The highest BCUT2D eigenvalue weighted by Crippen LogP contribution is 2.40. The smallest absolute Gasteiger partial charge is 0.232 e. The van der Waals surface area contributed by atoms with Crippen LogP contribution in [-0.2, 0) is 16.4 Å². The molecule has 11 nitrogen and oxygen atoms in total. The predicted octanol–water partition coefficient (Wildman–Crippen LogP) is 4.90. The third kappa shape index (κ3) is 5.67. The maximum Gasteiger partial charge on any atom is 0.232 e. The number of anilines is 6. The zero-order valence-corrected chi connectivity index (χ0v) is 26.5. The summed E-state index contributed by atoms with van der Waals surface area (Å²) in [5, 5.41) is 7.91. The van der Waals surface area contributed by atoms with Gasteiger partial charge in [0.05, 0.1) is 35.8 Å². The predicted molar refractivity (Wildman–Crippen MR) is 176 cm³/mol. The Morgan fingerprint density at radius 3 is 2.52 bits per heavy atom. The molecule has 0 aliphatic carbocycles. The first-order valence-electron chi connectivity index (χ1n) is 15.1. The Morgan fingerprint density at radius 1 is 0.955 bits per heavy atom. The zero-order valence-electron chi connectivity index (χ0n) is 25.0. The van der Waals surface area contributed by atoms with Crippen LogP contribution in [0.1, 0.15) is 18.4 Å². The van der Waals surface area contributed by atoms with E-state index in [1.54, 1.807) is 6.26 Å². The molecule has 3 aliphatic heterocycles. The number of hydrogen-bond donors (Lipinski definition) is 2. The van der Waals surface area contributed by atoms with Crippen LogP contribution in [0.2, 0.25) is 5.02 Å². The summed E-state index contributed by atoms with van der Waals surface area (Å²) in [5.74, 6) is 0.705. The van der Waals surface area contributed by atoms with Gasteiger partial charge in [0.1, 0.15) is 5.02 Å². The summed E-state index contributed by atoms with van der Waals surface area (Å²) in [6.07, 6.45) is 7.42. The van der Waals surface area contributed by atoms with Crippen LogP contribution in [0.4, 0.5) is 34.5 Å². The molecule has 0 saturated carbocycles. The second-order valence-corrected chi connectivity index (χ2v) is 14.2. The van der Waals surface area contributed by atoms with E-state index in [1.165, 1.54) is 22.4 Å². The van der Waals surface area contributed by atoms with E-state index in [-0.39, 0.29) is 0 Å². The van der Waals surface area contributed by atoms with Crippen molar-refractivity contribution in [1.29, 1.82) is 0 Å². The highest BCUT2D eigenvalue weighted by Gasteiger charge is 2.30. The van der Waals surface area contributed by atoms with Crippen molar-refractivity contribution in [3.63, 3.8) is 0 Å². The van der Waals surface area contributed by atoms with Crippen LogP contribution in [0.15, 0.2) is 53.3 Å². The number of likely N-dealkylation sites (N-methyl/N-ethyl adjacent to an activating group) is 1. The Balaban J connectivity index is 1.09.